The van der Waals surface area contributed by atoms with Crippen LogP contribution < -0.4 is 0 Å². The van der Waals surface area contributed by atoms with Crippen molar-refractivity contribution in [1.29, 1.82) is 0 Å². The molecule has 0 amide bonds. The number of hydrogen-bond acceptors (Lipinski definition) is 2. The molecule has 27 heavy (non-hydrogen) atoms. The number of benzene rings is 3. The van der Waals surface area contributed by atoms with E-state index in [0.717, 1.165) is 16.8 Å². The SMILES string of the molecule is O=C(c1ccc(Cl)cc1)c1c(-c2ccccc2)n[nH]c1Cc1ccccc1. The third-order valence-corrected chi connectivity index (χ3v) is 4.70. The Labute approximate surface area is 162 Å². The number of nitrogens with one attached hydrogen (secondary N) is 1. The number of rotatable bonds is 5. The van der Waals surface area contributed by atoms with Gasteiger partial charge in [0, 0.05) is 22.6 Å². The highest BCUT2D eigenvalue weighted by Crippen LogP contribution is 2.28. The second-order valence-electron chi connectivity index (χ2n) is 6.29. The van der Waals surface area contributed by atoms with Crippen molar-refractivity contribution >= 4 is 17.4 Å². The van der Waals surface area contributed by atoms with Gasteiger partial charge in [-0.1, -0.05) is 72.3 Å². The molecule has 1 aromatic heterocycles. The molecular weight excluding hydrogens is 356 g/mol. The number of aromatic nitrogens is 2. The highest BCUT2D eigenvalue weighted by atomic mass is 35.5. The van der Waals surface area contributed by atoms with Gasteiger partial charge in [-0.2, -0.15) is 5.10 Å². The molecule has 0 spiro atoms. The number of halogens is 1. The molecule has 1 N–H and O–H groups in total. The fourth-order valence-electron chi connectivity index (χ4n) is 3.10. The summed E-state index contributed by atoms with van der Waals surface area (Å²) in [6.07, 6.45) is 0.606. The van der Waals surface area contributed by atoms with Gasteiger partial charge in [-0.15, -0.1) is 0 Å². The van der Waals surface area contributed by atoms with E-state index in [-0.39, 0.29) is 5.78 Å². The lowest BCUT2D eigenvalue weighted by Gasteiger charge is -2.07. The quantitative estimate of drug-likeness (QED) is 0.467. The Hall–Kier alpha value is -3.17. The predicted octanol–water partition coefficient (Wildman–Crippen LogP) is 5.55. The lowest BCUT2D eigenvalue weighted by molar-refractivity contribution is 0.103. The number of carbonyl (C=O) groups is 1. The number of aromatic amines is 1. The van der Waals surface area contributed by atoms with E-state index in [4.69, 9.17) is 11.6 Å². The van der Waals surface area contributed by atoms with E-state index in [0.29, 0.717) is 28.3 Å². The summed E-state index contributed by atoms with van der Waals surface area (Å²) < 4.78 is 0. The molecule has 132 valence electrons. The van der Waals surface area contributed by atoms with Gasteiger partial charge in [-0.05, 0) is 29.8 Å². The second kappa shape index (κ2) is 7.60. The van der Waals surface area contributed by atoms with Crippen LogP contribution in [0.2, 0.25) is 5.02 Å². The molecule has 4 rings (SSSR count). The summed E-state index contributed by atoms with van der Waals surface area (Å²) in [4.78, 5) is 13.3. The third-order valence-electron chi connectivity index (χ3n) is 4.45. The smallest absolute Gasteiger partial charge is 0.197 e. The molecule has 0 aliphatic heterocycles. The molecule has 0 atom stereocenters. The van der Waals surface area contributed by atoms with Gasteiger partial charge in [-0.25, -0.2) is 0 Å². The molecule has 0 fully saturated rings. The van der Waals surface area contributed by atoms with Crippen molar-refractivity contribution in [1.82, 2.24) is 10.2 Å². The molecule has 1 heterocycles. The van der Waals surface area contributed by atoms with Crippen LogP contribution in [0.15, 0.2) is 84.9 Å². The minimum Gasteiger partial charge on any atom is -0.288 e. The third kappa shape index (κ3) is 3.69. The van der Waals surface area contributed by atoms with Crippen molar-refractivity contribution < 1.29 is 4.79 Å². The zero-order valence-electron chi connectivity index (χ0n) is 14.5. The number of H-pyrrole nitrogens is 1. The van der Waals surface area contributed by atoms with Gasteiger partial charge < -0.3 is 0 Å². The Morgan fingerprint density at radius 1 is 0.852 bits per heavy atom. The molecule has 0 aliphatic rings. The molecule has 0 radical (unpaired) electrons. The van der Waals surface area contributed by atoms with E-state index in [1.807, 2.05) is 60.7 Å². The first-order valence-electron chi connectivity index (χ1n) is 8.69. The average molecular weight is 373 g/mol. The summed E-state index contributed by atoms with van der Waals surface area (Å²) in [5.41, 5.74) is 4.69. The Balaban J connectivity index is 1.81. The second-order valence-corrected chi connectivity index (χ2v) is 6.73. The van der Waals surface area contributed by atoms with Crippen molar-refractivity contribution in [2.75, 3.05) is 0 Å². The van der Waals surface area contributed by atoms with Crippen LogP contribution in [0.4, 0.5) is 0 Å². The largest absolute Gasteiger partial charge is 0.288 e. The van der Waals surface area contributed by atoms with Crippen LogP contribution in [0.5, 0.6) is 0 Å². The standard InChI is InChI=1S/C23H17ClN2O/c24-19-13-11-18(12-14-19)23(27)21-20(15-16-7-3-1-4-8-16)25-26-22(21)17-9-5-2-6-10-17/h1-14H,15H2,(H,25,26). The van der Waals surface area contributed by atoms with E-state index >= 15 is 0 Å². The van der Waals surface area contributed by atoms with E-state index < -0.39 is 0 Å². The summed E-state index contributed by atoms with van der Waals surface area (Å²) in [7, 11) is 0. The van der Waals surface area contributed by atoms with Crippen molar-refractivity contribution in [3.8, 4) is 11.3 Å². The van der Waals surface area contributed by atoms with Crippen LogP contribution in [-0.2, 0) is 6.42 Å². The van der Waals surface area contributed by atoms with E-state index in [9.17, 15) is 4.79 Å². The van der Waals surface area contributed by atoms with E-state index in [1.165, 1.54) is 0 Å². The number of ketones is 1. The molecule has 3 nitrogen and oxygen atoms in total. The minimum absolute atomic E-state index is 0.0646. The molecule has 0 saturated heterocycles. The molecule has 0 aliphatic carbocycles. The predicted molar refractivity (Wildman–Crippen MR) is 108 cm³/mol. The van der Waals surface area contributed by atoms with Gasteiger partial charge >= 0.3 is 0 Å². The highest BCUT2D eigenvalue weighted by molar-refractivity contribution is 6.30. The maximum absolute atomic E-state index is 13.3. The topological polar surface area (TPSA) is 45.8 Å². The lowest BCUT2D eigenvalue weighted by atomic mass is 9.95. The monoisotopic (exact) mass is 372 g/mol. The van der Waals surface area contributed by atoms with E-state index in [2.05, 4.69) is 10.2 Å². The van der Waals surface area contributed by atoms with Gasteiger partial charge in [0.2, 0.25) is 0 Å². The van der Waals surface area contributed by atoms with Gasteiger partial charge in [0.05, 0.1) is 11.3 Å². The van der Waals surface area contributed by atoms with Crippen LogP contribution in [-0.4, -0.2) is 16.0 Å². The normalized spacial score (nSPS) is 10.7. The summed E-state index contributed by atoms with van der Waals surface area (Å²) in [6, 6.07) is 26.7. The Kier molecular flexibility index (Phi) is 4.86. The summed E-state index contributed by atoms with van der Waals surface area (Å²) in [5.74, 6) is -0.0646. The summed E-state index contributed by atoms with van der Waals surface area (Å²) in [6.45, 7) is 0. The lowest BCUT2D eigenvalue weighted by Crippen LogP contribution is -2.06. The first-order valence-corrected chi connectivity index (χ1v) is 9.07. The van der Waals surface area contributed by atoms with Crippen LogP contribution >= 0.6 is 11.6 Å². The fourth-order valence-corrected chi connectivity index (χ4v) is 3.23. The summed E-state index contributed by atoms with van der Waals surface area (Å²) >= 11 is 5.98. The summed E-state index contributed by atoms with van der Waals surface area (Å²) in [5, 5.41) is 8.16. The first-order chi connectivity index (χ1) is 13.2. The van der Waals surface area contributed by atoms with E-state index in [1.54, 1.807) is 24.3 Å². The number of carbonyl (C=O) groups excluding carboxylic acids is 1. The van der Waals surface area contributed by atoms with Crippen molar-refractivity contribution in [3.63, 3.8) is 0 Å². The molecule has 4 heteroatoms. The molecule has 0 bridgehead atoms. The van der Waals surface area contributed by atoms with Crippen molar-refractivity contribution in [3.05, 3.63) is 112 Å². The molecular formula is C23H17ClN2O. The number of nitrogens with zero attached hydrogens (tertiary/aromatic N) is 1. The number of hydrogen-bond donors (Lipinski definition) is 1. The fraction of sp³-hybridized carbons (Fsp3) is 0.0435. The van der Waals surface area contributed by atoms with Crippen LogP contribution in [0.25, 0.3) is 11.3 Å². The van der Waals surface area contributed by atoms with Gasteiger partial charge in [0.15, 0.2) is 5.78 Å². The van der Waals surface area contributed by atoms with Crippen molar-refractivity contribution in [2.24, 2.45) is 0 Å². The Morgan fingerprint density at radius 3 is 2.15 bits per heavy atom. The van der Waals surface area contributed by atoms with Gasteiger partial charge in [-0.3, -0.25) is 9.89 Å². The average Bonchev–Trinajstić information content (AvgIpc) is 3.13. The van der Waals surface area contributed by atoms with Gasteiger partial charge in [0.1, 0.15) is 5.69 Å². The molecule has 4 aromatic rings. The van der Waals surface area contributed by atoms with Crippen LogP contribution in [0, 0.1) is 0 Å². The molecule has 0 unspecified atom stereocenters. The highest BCUT2D eigenvalue weighted by Gasteiger charge is 2.22. The minimum atomic E-state index is -0.0646. The first kappa shape index (κ1) is 17.3. The Morgan fingerprint density at radius 2 is 1.48 bits per heavy atom. The van der Waals surface area contributed by atoms with Crippen LogP contribution in [0.3, 0.4) is 0 Å². The van der Waals surface area contributed by atoms with Crippen molar-refractivity contribution in [2.45, 2.75) is 6.42 Å². The van der Waals surface area contributed by atoms with Gasteiger partial charge in [0.25, 0.3) is 0 Å². The zero-order chi connectivity index (χ0) is 18.6. The molecule has 0 saturated carbocycles. The Bertz CT molecular complexity index is 1050. The zero-order valence-corrected chi connectivity index (χ0v) is 15.3. The molecule has 3 aromatic carbocycles. The maximum atomic E-state index is 13.3. The maximum Gasteiger partial charge on any atom is 0.197 e. The van der Waals surface area contributed by atoms with Crippen LogP contribution in [0.1, 0.15) is 27.2 Å².